The fraction of sp³-hybridized carbons (Fsp3) is 0.933. The summed E-state index contributed by atoms with van der Waals surface area (Å²) in [5.74, 6) is 1.63. The summed E-state index contributed by atoms with van der Waals surface area (Å²) in [6.07, 6.45) is 6.55. The summed E-state index contributed by atoms with van der Waals surface area (Å²) in [6, 6.07) is 0.317. The van der Waals surface area contributed by atoms with E-state index in [-0.39, 0.29) is 5.91 Å². The zero-order chi connectivity index (χ0) is 13.4. The first kappa shape index (κ1) is 15.5. The van der Waals surface area contributed by atoms with Crippen LogP contribution in [0.2, 0.25) is 0 Å². The first-order chi connectivity index (χ1) is 8.61. The fourth-order valence-electron chi connectivity index (χ4n) is 2.68. The van der Waals surface area contributed by atoms with Crippen LogP contribution in [0.15, 0.2) is 0 Å². The normalized spacial score (nSPS) is 23.4. The van der Waals surface area contributed by atoms with Crippen molar-refractivity contribution >= 4 is 5.91 Å². The van der Waals surface area contributed by atoms with Crippen LogP contribution in [0.5, 0.6) is 0 Å². The molecule has 1 saturated heterocycles. The Labute approximate surface area is 112 Å². The number of carbonyl (C=O) groups excluding carboxylic acids is 1. The molecule has 18 heavy (non-hydrogen) atoms. The lowest BCUT2D eigenvalue weighted by Crippen LogP contribution is -2.35. The Morgan fingerprint density at radius 2 is 2.22 bits per heavy atom. The molecule has 0 spiro atoms. The van der Waals surface area contributed by atoms with Crippen molar-refractivity contribution in [2.45, 2.75) is 65.3 Å². The molecule has 0 aromatic rings. The Bertz CT molecular complexity index is 237. The van der Waals surface area contributed by atoms with Crippen LogP contribution >= 0.6 is 0 Å². The lowest BCUT2D eigenvalue weighted by molar-refractivity contribution is -0.122. The van der Waals surface area contributed by atoms with Crippen LogP contribution < -0.4 is 10.6 Å². The summed E-state index contributed by atoms with van der Waals surface area (Å²) in [7, 11) is 0. The average molecular weight is 254 g/mol. The molecule has 0 saturated carbocycles. The maximum Gasteiger partial charge on any atom is 0.220 e. The summed E-state index contributed by atoms with van der Waals surface area (Å²) in [6.45, 7) is 8.81. The molecule has 3 heteroatoms. The predicted molar refractivity (Wildman–Crippen MR) is 76.5 cm³/mol. The molecule has 1 rings (SSSR count). The van der Waals surface area contributed by atoms with Crippen LogP contribution in [0.25, 0.3) is 0 Å². The molecule has 1 amide bonds. The molecular formula is C15H30N2O. The quantitative estimate of drug-likeness (QED) is 0.733. The predicted octanol–water partition coefficient (Wildman–Crippen LogP) is 2.71. The van der Waals surface area contributed by atoms with Gasteiger partial charge in [0.25, 0.3) is 0 Å². The molecule has 106 valence electrons. The Balaban J connectivity index is 2.12. The average Bonchev–Trinajstić information content (AvgIpc) is 2.37. The maximum atomic E-state index is 11.8. The van der Waals surface area contributed by atoms with E-state index in [0.29, 0.717) is 24.3 Å². The van der Waals surface area contributed by atoms with Crippen LogP contribution in [-0.2, 0) is 4.79 Å². The Morgan fingerprint density at radius 1 is 1.44 bits per heavy atom. The van der Waals surface area contributed by atoms with Crippen molar-refractivity contribution < 1.29 is 4.79 Å². The van der Waals surface area contributed by atoms with E-state index in [1.165, 1.54) is 19.3 Å². The van der Waals surface area contributed by atoms with E-state index in [2.05, 4.69) is 31.4 Å². The molecule has 3 atom stereocenters. The molecular weight excluding hydrogens is 224 g/mol. The second-order valence-corrected chi connectivity index (χ2v) is 5.97. The number of rotatable bonds is 7. The van der Waals surface area contributed by atoms with Crippen molar-refractivity contribution in [3.8, 4) is 0 Å². The summed E-state index contributed by atoms with van der Waals surface area (Å²) < 4.78 is 0. The standard InChI is InChI=1S/C15H30N2O/c1-4-12(2)10-13(3)17-15(18)8-7-14-6-5-9-16-11-14/h12-14,16H,4-11H2,1-3H3,(H,17,18). The monoisotopic (exact) mass is 254 g/mol. The molecule has 0 aromatic heterocycles. The highest BCUT2D eigenvalue weighted by atomic mass is 16.1. The highest BCUT2D eigenvalue weighted by molar-refractivity contribution is 5.76. The second-order valence-electron chi connectivity index (χ2n) is 5.97. The van der Waals surface area contributed by atoms with Gasteiger partial charge in [0.2, 0.25) is 5.91 Å². The molecule has 0 aromatic carbocycles. The minimum Gasteiger partial charge on any atom is -0.354 e. The van der Waals surface area contributed by atoms with Crippen molar-refractivity contribution in [3.63, 3.8) is 0 Å². The summed E-state index contributed by atoms with van der Waals surface area (Å²) in [4.78, 5) is 11.8. The fourth-order valence-corrected chi connectivity index (χ4v) is 2.68. The molecule has 0 bridgehead atoms. The zero-order valence-corrected chi connectivity index (χ0v) is 12.3. The number of hydrogen-bond donors (Lipinski definition) is 2. The van der Waals surface area contributed by atoms with Gasteiger partial charge in [-0.1, -0.05) is 20.3 Å². The Morgan fingerprint density at radius 3 is 2.83 bits per heavy atom. The Hall–Kier alpha value is -0.570. The van der Waals surface area contributed by atoms with Gasteiger partial charge in [-0.2, -0.15) is 0 Å². The molecule has 1 heterocycles. The van der Waals surface area contributed by atoms with Crippen LogP contribution in [0, 0.1) is 11.8 Å². The number of hydrogen-bond acceptors (Lipinski definition) is 2. The highest BCUT2D eigenvalue weighted by Crippen LogP contribution is 2.16. The third kappa shape index (κ3) is 6.39. The van der Waals surface area contributed by atoms with Gasteiger partial charge in [-0.15, -0.1) is 0 Å². The van der Waals surface area contributed by atoms with Crippen molar-refractivity contribution in [2.75, 3.05) is 13.1 Å². The molecule has 2 N–H and O–H groups in total. The molecule has 1 aliphatic rings. The minimum absolute atomic E-state index is 0.233. The van der Waals surface area contributed by atoms with Crippen molar-refractivity contribution in [3.05, 3.63) is 0 Å². The van der Waals surface area contributed by atoms with E-state index in [4.69, 9.17) is 0 Å². The zero-order valence-electron chi connectivity index (χ0n) is 12.3. The minimum atomic E-state index is 0.233. The molecule has 1 fully saturated rings. The summed E-state index contributed by atoms with van der Waals surface area (Å²) in [5, 5.41) is 6.53. The van der Waals surface area contributed by atoms with E-state index < -0.39 is 0 Å². The number of amides is 1. The lowest BCUT2D eigenvalue weighted by atomic mass is 9.94. The third-order valence-corrected chi connectivity index (χ3v) is 4.04. The van der Waals surface area contributed by atoms with Crippen molar-refractivity contribution in [1.29, 1.82) is 0 Å². The van der Waals surface area contributed by atoms with Gasteiger partial charge in [0.1, 0.15) is 0 Å². The van der Waals surface area contributed by atoms with E-state index in [0.717, 1.165) is 25.9 Å². The van der Waals surface area contributed by atoms with Gasteiger partial charge in [-0.3, -0.25) is 4.79 Å². The molecule has 3 nitrogen and oxygen atoms in total. The third-order valence-electron chi connectivity index (χ3n) is 4.04. The smallest absolute Gasteiger partial charge is 0.220 e. The van der Waals surface area contributed by atoms with E-state index >= 15 is 0 Å². The lowest BCUT2D eigenvalue weighted by Gasteiger charge is -2.23. The van der Waals surface area contributed by atoms with Gasteiger partial charge in [0, 0.05) is 12.5 Å². The van der Waals surface area contributed by atoms with E-state index in [1.54, 1.807) is 0 Å². The Kier molecular flexibility index (Phi) is 7.33. The SMILES string of the molecule is CCC(C)CC(C)NC(=O)CCC1CCCNC1. The summed E-state index contributed by atoms with van der Waals surface area (Å²) in [5.41, 5.74) is 0. The topological polar surface area (TPSA) is 41.1 Å². The molecule has 0 aliphatic carbocycles. The number of carbonyl (C=O) groups is 1. The molecule has 1 aliphatic heterocycles. The van der Waals surface area contributed by atoms with Crippen LogP contribution in [0.3, 0.4) is 0 Å². The van der Waals surface area contributed by atoms with E-state index in [9.17, 15) is 4.79 Å². The highest BCUT2D eigenvalue weighted by Gasteiger charge is 2.15. The van der Waals surface area contributed by atoms with Gasteiger partial charge in [0.15, 0.2) is 0 Å². The first-order valence-electron chi connectivity index (χ1n) is 7.61. The van der Waals surface area contributed by atoms with Crippen molar-refractivity contribution in [2.24, 2.45) is 11.8 Å². The van der Waals surface area contributed by atoms with Crippen molar-refractivity contribution in [1.82, 2.24) is 10.6 Å². The number of piperidine rings is 1. The van der Waals surface area contributed by atoms with Gasteiger partial charge >= 0.3 is 0 Å². The van der Waals surface area contributed by atoms with Crippen LogP contribution in [-0.4, -0.2) is 25.0 Å². The van der Waals surface area contributed by atoms with E-state index in [1.807, 2.05) is 0 Å². The largest absolute Gasteiger partial charge is 0.354 e. The summed E-state index contributed by atoms with van der Waals surface area (Å²) >= 11 is 0. The van der Waals surface area contributed by atoms with Gasteiger partial charge in [-0.25, -0.2) is 0 Å². The first-order valence-corrected chi connectivity index (χ1v) is 7.61. The number of nitrogens with one attached hydrogen (secondary N) is 2. The molecule has 0 radical (unpaired) electrons. The van der Waals surface area contributed by atoms with Gasteiger partial charge in [-0.05, 0) is 57.5 Å². The van der Waals surface area contributed by atoms with Crippen LogP contribution in [0.1, 0.15) is 59.3 Å². The van der Waals surface area contributed by atoms with Gasteiger partial charge < -0.3 is 10.6 Å². The molecule has 3 unspecified atom stereocenters. The maximum absolute atomic E-state index is 11.8. The van der Waals surface area contributed by atoms with Gasteiger partial charge in [0.05, 0.1) is 0 Å². The van der Waals surface area contributed by atoms with Crippen LogP contribution in [0.4, 0.5) is 0 Å². The second kappa shape index (κ2) is 8.52.